The number of hydrogen-bond acceptors (Lipinski definition) is 6. The number of allylic oxidation sites excluding steroid dienone is 1. The Morgan fingerprint density at radius 2 is 2.12 bits per heavy atom. The number of aromatic hydroxyl groups is 1. The fourth-order valence-corrected chi connectivity index (χ4v) is 2.17. The molecule has 2 aromatic rings. The molecule has 2 rings (SSSR count). The monoisotopic (exact) mass is 324 g/mol. The standard InChI is InChI=1S/C17H16N4O3/c1-4-9-21-16(22)12(10-18)11(2)15(17(21)23)20-19-13-7-5-6-8-14(13)24-3/h4-8,22H,1,9H2,2-3H3. The van der Waals surface area contributed by atoms with Crippen molar-refractivity contribution < 1.29 is 9.84 Å². The summed E-state index contributed by atoms with van der Waals surface area (Å²) < 4.78 is 6.20. The van der Waals surface area contributed by atoms with Gasteiger partial charge in [0.15, 0.2) is 5.69 Å². The van der Waals surface area contributed by atoms with Crippen LogP contribution in [0.25, 0.3) is 0 Å². The highest BCUT2D eigenvalue weighted by Crippen LogP contribution is 2.30. The van der Waals surface area contributed by atoms with E-state index in [1.807, 2.05) is 6.07 Å². The summed E-state index contributed by atoms with van der Waals surface area (Å²) in [6, 6.07) is 8.83. The molecule has 0 unspecified atom stereocenters. The van der Waals surface area contributed by atoms with Gasteiger partial charge in [0, 0.05) is 12.1 Å². The zero-order chi connectivity index (χ0) is 17.7. The van der Waals surface area contributed by atoms with Crippen molar-refractivity contribution in [2.45, 2.75) is 13.5 Å². The van der Waals surface area contributed by atoms with Crippen LogP contribution in [0.3, 0.4) is 0 Å². The predicted molar refractivity (Wildman–Crippen MR) is 89.2 cm³/mol. The second kappa shape index (κ2) is 7.24. The molecule has 122 valence electrons. The van der Waals surface area contributed by atoms with Crippen LogP contribution >= 0.6 is 0 Å². The van der Waals surface area contributed by atoms with Crippen molar-refractivity contribution in [1.82, 2.24) is 4.57 Å². The molecule has 0 amide bonds. The van der Waals surface area contributed by atoms with Gasteiger partial charge in [-0.1, -0.05) is 18.2 Å². The molecule has 1 aromatic heterocycles. The van der Waals surface area contributed by atoms with Gasteiger partial charge in [-0.15, -0.1) is 16.8 Å². The quantitative estimate of drug-likeness (QED) is 0.673. The number of para-hydroxylation sites is 1. The van der Waals surface area contributed by atoms with E-state index in [2.05, 4.69) is 16.8 Å². The van der Waals surface area contributed by atoms with Crippen molar-refractivity contribution in [1.29, 1.82) is 5.26 Å². The van der Waals surface area contributed by atoms with Crippen LogP contribution < -0.4 is 10.3 Å². The fraction of sp³-hybridized carbons (Fsp3) is 0.176. The minimum atomic E-state index is -0.553. The van der Waals surface area contributed by atoms with Gasteiger partial charge in [-0.05, 0) is 19.1 Å². The molecule has 0 saturated carbocycles. The summed E-state index contributed by atoms with van der Waals surface area (Å²) in [5.74, 6) is 0.0979. The highest BCUT2D eigenvalue weighted by Gasteiger charge is 2.18. The number of azo groups is 1. The van der Waals surface area contributed by atoms with Crippen LogP contribution in [0.4, 0.5) is 11.4 Å². The van der Waals surface area contributed by atoms with E-state index in [1.54, 1.807) is 24.3 Å². The number of rotatable bonds is 5. The van der Waals surface area contributed by atoms with Gasteiger partial charge >= 0.3 is 0 Å². The van der Waals surface area contributed by atoms with E-state index in [-0.39, 0.29) is 23.4 Å². The number of aromatic nitrogens is 1. The first kappa shape index (κ1) is 17.0. The van der Waals surface area contributed by atoms with E-state index in [1.165, 1.54) is 20.1 Å². The van der Waals surface area contributed by atoms with Gasteiger partial charge in [0.1, 0.15) is 23.1 Å². The summed E-state index contributed by atoms with van der Waals surface area (Å²) in [7, 11) is 1.50. The maximum Gasteiger partial charge on any atom is 0.281 e. The first-order chi connectivity index (χ1) is 11.5. The summed E-state index contributed by atoms with van der Waals surface area (Å²) in [6.07, 6.45) is 1.44. The molecule has 0 aliphatic rings. The molecular formula is C17H16N4O3. The Balaban J connectivity index is 2.64. The topological polar surface area (TPSA) is 100.0 Å². The number of methoxy groups -OCH3 is 1. The molecule has 0 fully saturated rings. The molecule has 0 spiro atoms. The summed E-state index contributed by atoms with van der Waals surface area (Å²) in [6.45, 7) is 5.13. The minimum absolute atomic E-state index is 0.0166. The second-order valence-electron chi connectivity index (χ2n) is 4.86. The van der Waals surface area contributed by atoms with E-state index < -0.39 is 11.4 Å². The van der Waals surface area contributed by atoms with Crippen molar-refractivity contribution >= 4 is 11.4 Å². The smallest absolute Gasteiger partial charge is 0.281 e. The Morgan fingerprint density at radius 1 is 1.42 bits per heavy atom. The maximum atomic E-state index is 12.5. The van der Waals surface area contributed by atoms with Crippen LogP contribution in [0.5, 0.6) is 11.6 Å². The molecular weight excluding hydrogens is 308 g/mol. The molecule has 0 saturated heterocycles. The van der Waals surface area contributed by atoms with Crippen molar-refractivity contribution in [3.63, 3.8) is 0 Å². The molecule has 1 N–H and O–H groups in total. The van der Waals surface area contributed by atoms with Crippen LogP contribution in [-0.2, 0) is 6.54 Å². The number of benzene rings is 1. The van der Waals surface area contributed by atoms with Crippen LogP contribution in [0.15, 0.2) is 51.9 Å². The average Bonchev–Trinajstić information content (AvgIpc) is 2.59. The Bertz CT molecular complexity index is 907. The molecule has 1 aromatic carbocycles. The lowest BCUT2D eigenvalue weighted by Gasteiger charge is -2.11. The Hall–Kier alpha value is -3.40. The number of pyridine rings is 1. The first-order valence-electron chi connectivity index (χ1n) is 7.07. The van der Waals surface area contributed by atoms with Crippen molar-refractivity contribution in [2.24, 2.45) is 10.2 Å². The summed E-state index contributed by atoms with van der Waals surface area (Å²) in [5.41, 5.74) is 0.115. The van der Waals surface area contributed by atoms with E-state index in [4.69, 9.17) is 4.74 Å². The molecule has 7 nitrogen and oxygen atoms in total. The van der Waals surface area contributed by atoms with E-state index in [0.29, 0.717) is 11.4 Å². The van der Waals surface area contributed by atoms with Gasteiger partial charge in [-0.2, -0.15) is 5.26 Å². The third kappa shape index (κ3) is 3.03. The van der Waals surface area contributed by atoms with E-state index >= 15 is 0 Å². The molecule has 0 aliphatic carbocycles. The number of nitrogens with zero attached hydrogens (tertiary/aromatic N) is 4. The van der Waals surface area contributed by atoms with E-state index in [0.717, 1.165) is 4.57 Å². The minimum Gasteiger partial charge on any atom is -0.494 e. The average molecular weight is 324 g/mol. The molecule has 1 heterocycles. The van der Waals surface area contributed by atoms with Gasteiger partial charge in [-0.25, -0.2) is 0 Å². The number of ether oxygens (including phenoxy) is 1. The van der Waals surface area contributed by atoms with Gasteiger partial charge in [0.2, 0.25) is 5.88 Å². The van der Waals surface area contributed by atoms with Gasteiger partial charge < -0.3 is 9.84 Å². The third-order valence-corrected chi connectivity index (χ3v) is 3.42. The maximum absolute atomic E-state index is 12.5. The summed E-state index contributed by atoms with van der Waals surface area (Å²) in [4.78, 5) is 12.5. The van der Waals surface area contributed by atoms with Crippen molar-refractivity contribution in [3.05, 3.63) is 58.4 Å². The molecule has 0 bridgehead atoms. The normalized spacial score (nSPS) is 10.5. The largest absolute Gasteiger partial charge is 0.494 e. The zero-order valence-corrected chi connectivity index (χ0v) is 13.4. The molecule has 0 atom stereocenters. The van der Waals surface area contributed by atoms with Gasteiger partial charge in [-0.3, -0.25) is 9.36 Å². The van der Waals surface area contributed by atoms with Gasteiger partial charge in [0.05, 0.1) is 7.11 Å². The molecule has 0 radical (unpaired) electrons. The number of hydrogen-bond donors (Lipinski definition) is 1. The Morgan fingerprint density at radius 3 is 2.75 bits per heavy atom. The molecule has 24 heavy (non-hydrogen) atoms. The van der Waals surface area contributed by atoms with E-state index in [9.17, 15) is 15.2 Å². The molecule has 7 heteroatoms. The van der Waals surface area contributed by atoms with Crippen molar-refractivity contribution in [3.8, 4) is 17.7 Å². The number of nitriles is 1. The van der Waals surface area contributed by atoms with Crippen LogP contribution in [-0.4, -0.2) is 16.8 Å². The highest BCUT2D eigenvalue weighted by molar-refractivity contribution is 5.57. The Kier molecular flexibility index (Phi) is 5.12. The zero-order valence-electron chi connectivity index (χ0n) is 13.4. The highest BCUT2D eigenvalue weighted by atomic mass is 16.5. The predicted octanol–water partition coefficient (Wildman–Crippen LogP) is 3.34. The third-order valence-electron chi connectivity index (χ3n) is 3.42. The lowest BCUT2D eigenvalue weighted by molar-refractivity contribution is 0.413. The lowest BCUT2D eigenvalue weighted by Crippen LogP contribution is -2.21. The lowest BCUT2D eigenvalue weighted by atomic mass is 10.1. The van der Waals surface area contributed by atoms with Crippen LogP contribution in [0.2, 0.25) is 0 Å². The summed E-state index contributed by atoms with van der Waals surface area (Å²) in [5, 5.41) is 27.3. The van der Waals surface area contributed by atoms with Crippen LogP contribution in [0.1, 0.15) is 11.1 Å². The SMILES string of the molecule is C=CCn1c(O)c(C#N)c(C)c(N=Nc2ccccc2OC)c1=O. The van der Waals surface area contributed by atoms with Crippen molar-refractivity contribution in [2.75, 3.05) is 7.11 Å². The van der Waals surface area contributed by atoms with Crippen LogP contribution in [0, 0.1) is 18.3 Å². The first-order valence-corrected chi connectivity index (χ1v) is 7.07. The van der Waals surface area contributed by atoms with Gasteiger partial charge in [0.25, 0.3) is 5.56 Å². The Labute approximate surface area is 138 Å². The fourth-order valence-electron chi connectivity index (χ4n) is 2.17. The molecule has 0 aliphatic heterocycles. The summed E-state index contributed by atoms with van der Waals surface area (Å²) >= 11 is 0. The second-order valence-corrected chi connectivity index (χ2v) is 4.86.